The molecule has 2 aromatic heterocycles. The lowest BCUT2D eigenvalue weighted by Gasteiger charge is -2.24. The summed E-state index contributed by atoms with van der Waals surface area (Å²) in [7, 11) is 1.56. The zero-order chi connectivity index (χ0) is 21.0. The SMILES string of the molecule is COc1ccccc1[C@@H]1c2c(oc3ccc(Br)cc3c2=O)C(=O)N1c1nc(C)cs1. The van der Waals surface area contributed by atoms with E-state index in [0.717, 1.165) is 10.2 Å². The molecule has 30 heavy (non-hydrogen) atoms. The molecule has 1 atom stereocenters. The minimum Gasteiger partial charge on any atom is -0.496 e. The lowest BCUT2D eigenvalue weighted by molar-refractivity contribution is 0.0971. The van der Waals surface area contributed by atoms with E-state index in [2.05, 4.69) is 20.9 Å². The molecule has 0 spiro atoms. The molecule has 0 saturated carbocycles. The van der Waals surface area contributed by atoms with E-state index in [9.17, 15) is 9.59 Å². The summed E-state index contributed by atoms with van der Waals surface area (Å²) in [5, 5.41) is 2.78. The van der Waals surface area contributed by atoms with Crippen LogP contribution in [-0.4, -0.2) is 18.0 Å². The number of methoxy groups -OCH3 is 1. The fraction of sp³-hybridized carbons (Fsp3) is 0.136. The molecule has 150 valence electrons. The molecule has 0 N–H and O–H groups in total. The van der Waals surface area contributed by atoms with Gasteiger partial charge in [0.2, 0.25) is 5.76 Å². The Morgan fingerprint density at radius 3 is 2.73 bits per heavy atom. The highest BCUT2D eigenvalue weighted by molar-refractivity contribution is 9.10. The van der Waals surface area contributed by atoms with Crippen LogP contribution in [0.1, 0.15) is 33.4 Å². The third-order valence-electron chi connectivity index (χ3n) is 5.08. The zero-order valence-electron chi connectivity index (χ0n) is 16.0. The molecule has 4 aromatic rings. The number of rotatable bonds is 3. The molecule has 6 nitrogen and oxygen atoms in total. The number of hydrogen-bond donors (Lipinski definition) is 0. The standard InChI is InChI=1S/C22H15BrN2O4S/c1-11-10-30-22(24-11)25-18(13-5-3-4-6-15(13)28-2)17-19(26)14-9-12(23)7-8-16(14)29-20(17)21(25)27/h3-10,18H,1-2H3/t18-/m1/s1. The van der Waals surface area contributed by atoms with Gasteiger partial charge in [0.25, 0.3) is 5.91 Å². The molecule has 0 unspecified atom stereocenters. The number of thiazole rings is 1. The number of benzene rings is 2. The summed E-state index contributed by atoms with van der Waals surface area (Å²) in [5.41, 5.74) is 1.91. The number of nitrogens with zero attached hydrogens (tertiary/aromatic N) is 2. The first-order valence-corrected chi connectivity index (χ1v) is 10.8. The fourth-order valence-electron chi connectivity index (χ4n) is 3.78. The first-order chi connectivity index (χ1) is 14.5. The number of ether oxygens (including phenoxy) is 1. The highest BCUT2D eigenvalue weighted by Gasteiger charge is 2.45. The monoisotopic (exact) mass is 482 g/mol. The molecule has 0 radical (unpaired) electrons. The predicted octanol–water partition coefficient (Wildman–Crippen LogP) is 5.08. The molecule has 0 bridgehead atoms. The summed E-state index contributed by atoms with van der Waals surface area (Å²) in [6, 6.07) is 11.8. The smallest absolute Gasteiger partial charge is 0.297 e. The third kappa shape index (κ3) is 2.79. The van der Waals surface area contributed by atoms with E-state index in [4.69, 9.17) is 9.15 Å². The second-order valence-electron chi connectivity index (χ2n) is 6.91. The average Bonchev–Trinajstić information content (AvgIpc) is 3.29. The van der Waals surface area contributed by atoms with Gasteiger partial charge in [-0.3, -0.25) is 14.5 Å². The number of aromatic nitrogens is 1. The minimum absolute atomic E-state index is 0.0404. The van der Waals surface area contributed by atoms with Gasteiger partial charge in [0.15, 0.2) is 10.6 Å². The first-order valence-electron chi connectivity index (χ1n) is 9.14. The second-order valence-corrected chi connectivity index (χ2v) is 8.66. The quantitative estimate of drug-likeness (QED) is 0.407. The number of amides is 1. The highest BCUT2D eigenvalue weighted by Crippen LogP contribution is 2.44. The largest absolute Gasteiger partial charge is 0.496 e. The first kappa shape index (κ1) is 19.0. The van der Waals surface area contributed by atoms with Crippen LogP contribution in [0, 0.1) is 6.92 Å². The van der Waals surface area contributed by atoms with Crippen LogP contribution >= 0.6 is 27.3 Å². The predicted molar refractivity (Wildman–Crippen MR) is 119 cm³/mol. The van der Waals surface area contributed by atoms with Gasteiger partial charge in [0, 0.05) is 15.4 Å². The van der Waals surface area contributed by atoms with Crippen molar-refractivity contribution in [2.24, 2.45) is 0 Å². The summed E-state index contributed by atoms with van der Waals surface area (Å²) >= 11 is 4.75. The molecule has 3 heterocycles. The summed E-state index contributed by atoms with van der Waals surface area (Å²) in [6.45, 7) is 1.86. The van der Waals surface area contributed by atoms with Crippen LogP contribution in [0.3, 0.4) is 0 Å². The molecule has 8 heteroatoms. The van der Waals surface area contributed by atoms with Crippen LogP contribution in [0.25, 0.3) is 11.0 Å². The Kier molecular flexibility index (Phi) is 4.48. The molecule has 5 rings (SSSR count). The van der Waals surface area contributed by atoms with Crippen LogP contribution in [0.15, 0.2) is 61.5 Å². The molecular weight excluding hydrogens is 468 g/mol. The Morgan fingerprint density at radius 2 is 2.00 bits per heavy atom. The Balaban J connectivity index is 1.86. The maximum Gasteiger partial charge on any atom is 0.297 e. The van der Waals surface area contributed by atoms with Gasteiger partial charge in [-0.05, 0) is 31.2 Å². The zero-order valence-corrected chi connectivity index (χ0v) is 18.4. The van der Waals surface area contributed by atoms with E-state index in [-0.39, 0.29) is 11.2 Å². The number of hydrogen-bond acceptors (Lipinski definition) is 6. The van der Waals surface area contributed by atoms with Gasteiger partial charge in [-0.15, -0.1) is 11.3 Å². The summed E-state index contributed by atoms with van der Waals surface area (Å²) in [6.07, 6.45) is 0. The van der Waals surface area contributed by atoms with Crippen molar-refractivity contribution in [3.05, 3.63) is 85.1 Å². The molecule has 1 aliphatic heterocycles. The van der Waals surface area contributed by atoms with E-state index in [1.165, 1.54) is 16.2 Å². The Hall–Kier alpha value is -2.97. The van der Waals surface area contributed by atoms with Crippen molar-refractivity contribution in [2.75, 3.05) is 12.0 Å². The highest BCUT2D eigenvalue weighted by atomic mass is 79.9. The molecule has 0 saturated heterocycles. The number of carbonyl (C=O) groups excluding carboxylic acids is 1. The van der Waals surface area contributed by atoms with Crippen LogP contribution in [0.4, 0.5) is 5.13 Å². The van der Waals surface area contributed by atoms with Gasteiger partial charge in [-0.2, -0.15) is 0 Å². The van der Waals surface area contributed by atoms with E-state index in [1.54, 1.807) is 25.3 Å². The van der Waals surface area contributed by atoms with Crippen LogP contribution in [-0.2, 0) is 0 Å². The molecule has 1 amide bonds. The Morgan fingerprint density at radius 1 is 1.20 bits per heavy atom. The van der Waals surface area contributed by atoms with Gasteiger partial charge in [0.1, 0.15) is 17.4 Å². The third-order valence-corrected chi connectivity index (χ3v) is 6.53. The van der Waals surface area contributed by atoms with Crippen LogP contribution < -0.4 is 15.1 Å². The number of para-hydroxylation sites is 1. The Bertz CT molecular complexity index is 1380. The van der Waals surface area contributed by atoms with Crippen molar-refractivity contribution < 1.29 is 13.9 Å². The lowest BCUT2D eigenvalue weighted by atomic mass is 9.98. The van der Waals surface area contributed by atoms with E-state index < -0.39 is 11.9 Å². The minimum atomic E-state index is -0.700. The molecule has 0 aliphatic carbocycles. The van der Waals surface area contributed by atoms with Gasteiger partial charge in [-0.25, -0.2) is 4.98 Å². The maximum atomic E-state index is 13.6. The van der Waals surface area contributed by atoms with Crippen LogP contribution in [0.2, 0.25) is 0 Å². The van der Waals surface area contributed by atoms with Crippen molar-refractivity contribution in [3.8, 4) is 5.75 Å². The van der Waals surface area contributed by atoms with Gasteiger partial charge in [0.05, 0.1) is 23.8 Å². The molecular formula is C22H15BrN2O4S. The lowest BCUT2D eigenvalue weighted by Crippen LogP contribution is -2.29. The van der Waals surface area contributed by atoms with Crippen molar-refractivity contribution >= 4 is 49.3 Å². The van der Waals surface area contributed by atoms with Gasteiger partial charge < -0.3 is 9.15 Å². The van der Waals surface area contributed by atoms with Gasteiger partial charge >= 0.3 is 0 Å². The number of aryl methyl sites for hydroxylation is 1. The summed E-state index contributed by atoms with van der Waals surface area (Å²) < 4.78 is 12.3. The van der Waals surface area contributed by atoms with Crippen LogP contribution in [0.5, 0.6) is 5.75 Å². The molecule has 0 fully saturated rings. The van der Waals surface area contributed by atoms with E-state index in [0.29, 0.717) is 33.0 Å². The maximum absolute atomic E-state index is 13.6. The summed E-state index contributed by atoms with van der Waals surface area (Å²) in [4.78, 5) is 33.1. The second kappa shape index (κ2) is 7.07. The summed E-state index contributed by atoms with van der Waals surface area (Å²) in [5.74, 6) is 0.228. The number of anilines is 1. The van der Waals surface area contributed by atoms with E-state index >= 15 is 0 Å². The van der Waals surface area contributed by atoms with Crippen molar-refractivity contribution in [1.82, 2.24) is 4.98 Å². The van der Waals surface area contributed by atoms with E-state index in [1.807, 2.05) is 36.6 Å². The molecule has 1 aliphatic rings. The average molecular weight is 483 g/mol. The number of carbonyl (C=O) groups is 1. The van der Waals surface area contributed by atoms with Crippen molar-refractivity contribution in [2.45, 2.75) is 13.0 Å². The topological polar surface area (TPSA) is 72.6 Å². The van der Waals surface area contributed by atoms with Crippen molar-refractivity contribution in [3.63, 3.8) is 0 Å². The molecule has 2 aromatic carbocycles. The normalized spacial score (nSPS) is 15.6. The Labute approximate surface area is 183 Å². The van der Waals surface area contributed by atoms with Gasteiger partial charge in [-0.1, -0.05) is 34.1 Å². The number of halogens is 1. The fourth-order valence-corrected chi connectivity index (χ4v) is 4.97. The van der Waals surface area contributed by atoms with Crippen molar-refractivity contribution in [1.29, 1.82) is 0 Å². The number of fused-ring (bicyclic) bond motifs is 2.